The average Bonchev–Trinajstić information content (AvgIpc) is 3.03. The molecule has 0 N–H and O–H groups in total. The Hall–Kier alpha value is -2.64. The van der Waals surface area contributed by atoms with E-state index in [0.29, 0.717) is 33.3 Å². The minimum absolute atomic E-state index is 0.00323. The lowest BCUT2D eigenvalue weighted by molar-refractivity contribution is -0.118. The largest absolute Gasteiger partial charge is 0.294 e. The molecular weight excluding hydrogens is 491 g/mol. The van der Waals surface area contributed by atoms with Crippen LogP contribution < -0.4 is 14.9 Å². The van der Waals surface area contributed by atoms with Gasteiger partial charge in [-0.3, -0.25) is 14.2 Å². The lowest BCUT2D eigenvalue weighted by Gasteiger charge is -2.35. The van der Waals surface area contributed by atoms with Crippen LogP contribution in [0.2, 0.25) is 0 Å². The number of hydrogen-bond acceptors (Lipinski definition) is 4. The van der Waals surface area contributed by atoms with Crippen LogP contribution >= 0.6 is 27.3 Å². The van der Waals surface area contributed by atoms with Crippen LogP contribution in [0.4, 0.5) is 4.39 Å². The van der Waals surface area contributed by atoms with Crippen molar-refractivity contribution in [3.8, 4) is 0 Å². The number of aromatic nitrogens is 1. The monoisotopic (exact) mass is 510 g/mol. The van der Waals surface area contributed by atoms with Gasteiger partial charge in [0.05, 0.1) is 16.3 Å². The fourth-order valence-electron chi connectivity index (χ4n) is 4.42. The number of thiazole rings is 1. The summed E-state index contributed by atoms with van der Waals surface area (Å²) in [4.78, 5) is 32.1. The predicted molar refractivity (Wildman–Crippen MR) is 127 cm³/mol. The fraction of sp³-hybridized carbons (Fsp3) is 0.240. The van der Waals surface area contributed by atoms with Gasteiger partial charge in [0, 0.05) is 16.5 Å². The molecule has 2 aromatic carbocycles. The van der Waals surface area contributed by atoms with Gasteiger partial charge in [0.1, 0.15) is 5.82 Å². The first-order valence-corrected chi connectivity index (χ1v) is 11.9. The van der Waals surface area contributed by atoms with Gasteiger partial charge in [-0.1, -0.05) is 65.4 Å². The third-order valence-corrected chi connectivity index (χ3v) is 7.36. The molecule has 2 heterocycles. The smallest absolute Gasteiger partial charge is 0.271 e. The van der Waals surface area contributed by atoms with Crippen molar-refractivity contribution in [1.29, 1.82) is 0 Å². The van der Waals surface area contributed by atoms with Crippen LogP contribution in [0.3, 0.4) is 0 Å². The molecule has 1 aliphatic heterocycles. The first-order chi connectivity index (χ1) is 15.2. The summed E-state index contributed by atoms with van der Waals surface area (Å²) >= 11 is 4.74. The highest BCUT2D eigenvalue weighted by Crippen LogP contribution is 2.43. The number of nitrogens with zero attached hydrogens (tertiary/aromatic N) is 2. The molecule has 0 fully saturated rings. The number of fused-ring (bicyclic) bond motifs is 1. The second kappa shape index (κ2) is 7.74. The van der Waals surface area contributed by atoms with Gasteiger partial charge in [0.2, 0.25) is 0 Å². The molecule has 0 saturated heterocycles. The number of rotatable bonds is 2. The van der Waals surface area contributed by atoms with Crippen molar-refractivity contribution in [2.75, 3.05) is 0 Å². The Morgan fingerprint density at radius 3 is 2.47 bits per heavy atom. The molecule has 0 amide bonds. The lowest BCUT2D eigenvalue weighted by atomic mass is 9.73. The molecule has 1 aliphatic carbocycles. The maximum atomic E-state index is 13.6. The maximum Gasteiger partial charge on any atom is 0.271 e. The second-order valence-electron chi connectivity index (χ2n) is 8.99. The van der Waals surface area contributed by atoms with Crippen molar-refractivity contribution in [3.05, 3.63) is 101 Å². The van der Waals surface area contributed by atoms with Gasteiger partial charge < -0.3 is 0 Å². The molecule has 32 heavy (non-hydrogen) atoms. The van der Waals surface area contributed by atoms with Crippen LogP contribution in [-0.2, 0) is 4.79 Å². The highest BCUT2D eigenvalue weighted by Gasteiger charge is 2.40. The number of benzene rings is 2. The highest BCUT2D eigenvalue weighted by atomic mass is 79.9. The summed E-state index contributed by atoms with van der Waals surface area (Å²) in [5.41, 5.74) is 2.50. The number of allylic oxidation sites excluding steroid dienone is 2. The summed E-state index contributed by atoms with van der Waals surface area (Å²) in [7, 11) is 0. The number of hydrogen-bond donors (Lipinski definition) is 0. The molecule has 5 rings (SSSR count). The lowest BCUT2D eigenvalue weighted by Crippen LogP contribution is -2.42. The Labute approximate surface area is 196 Å². The van der Waals surface area contributed by atoms with Gasteiger partial charge in [0.25, 0.3) is 5.56 Å². The standard InChI is InChI=1S/C25H20BrFN2O2S/c1-25(2)12-18-21(19(30)13-25)22(15-5-9-17(27)10-6-15)29-23(31)20(32-24(29)28-18)11-14-3-7-16(26)8-4-14/h3-11,22H,12-13H2,1-2H3. The van der Waals surface area contributed by atoms with E-state index in [-0.39, 0.29) is 22.6 Å². The molecule has 1 atom stereocenters. The molecule has 0 spiro atoms. The number of carbonyl (C=O) groups is 1. The van der Waals surface area contributed by atoms with Gasteiger partial charge in [-0.15, -0.1) is 0 Å². The Morgan fingerprint density at radius 1 is 1.09 bits per heavy atom. The fourth-order valence-corrected chi connectivity index (χ4v) is 5.70. The molecule has 0 radical (unpaired) electrons. The third kappa shape index (κ3) is 3.73. The van der Waals surface area contributed by atoms with E-state index in [1.165, 1.54) is 23.5 Å². The van der Waals surface area contributed by atoms with Crippen molar-refractivity contribution in [2.45, 2.75) is 32.7 Å². The van der Waals surface area contributed by atoms with Crippen LogP contribution in [0.1, 0.15) is 43.9 Å². The average molecular weight is 511 g/mol. The van der Waals surface area contributed by atoms with E-state index < -0.39 is 6.04 Å². The van der Waals surface area contributed by atoms with Crippen molar-refractivity contribution < 1.29 is 9.18 Å². The zero-order valence-electron chi connectivity index (χ0n) is 17.6. The number of carbonyl (C=O) groups excluding carboxylic acids is 1. The van der Waals surface area contributed by atoms with E-state index in [4.69, 9.17) is 4.99 Å². The van der Waals surface area contributed by atoms with Gasteiger partial charge in [-0.2, -0.15) is 0 Å². The van der Waals surface area contributed by atoms with Crippen molar-refractivity contribution >= 4 is 39.1 Å². The van der Waals surface area contributed by atoms with E-state index >= 15 is 0 Å². The minimum Gasteiger partial charge on any atom is -0.294 e. The van der Waals surface area contributed by atoms with Crippen LogP contribution in [0.5, 0.6) is 0 Å². The SMILES string of the molecule is CC1(C)CC(=O)C2=C(C1)N=c1sc(=Cc3ccc(Br)cc3)c(=O)n1C2c1ccc(F)cc1. The first kappa shape index (κ1) is 21.2. The van der Waals surface area contributed by atoms with Crippen LogP contribution in [0, 0.1) is 11.2 Å². The highest BCUT2D eigenvalue weighted by molar-refractivity contribution is 9.10. The molecule has 0 bridgehead atoms. The Kier molecular flexibility index (Phi) is 5.13. The third-order valence-electron chi connectivity index (χ3n) is 5.85. The van der Waals surface area contributed by atoms with Crippen molar-refractivity contribution in [3.63, 3.8) is 0 Å². The summed E-state index contributed by atoms with van der Waals surface area (Å²) in [6.45, 7) is 4.11. The number of halogens is 2. The van der Waals surface area contributed by atoms with Crippen molar-refractivity contribution in [2.24, 2.45) is 10.4 Å². The Morgan fingerprint density at radius 2 is 1.78 bits per heavy atom. The van der Waals surface area contributed by atoms with Gasteiger partial charge in [-0.25, -0.2) is 9.38 Å². The summed E-state index contributed by atoms with van der Waals surface area (Å²) in [5, 5.41) is 0. The molecular formula is C25H20BrFN2O2S. The molecule has 1 unspecified atom stereocenters. The van der Waals surface area contributed by atoms with Gasteiger partial charge >= 0.3 is 0 Å². The van der Waals surface area contributed by atoms with Crippen LogP contribution in [0.25, 0.3) is 6.08 Å². The Bertz CT molecular complexity index is 1450. The molecule has 3 aromatic rings. The molecule has 0 saturated carbocycles. The van der Waals surface area contributed by atoms with Crippen LogP contribution in [0.15, 0.2) is 74.1 Å². The predicted octanol–water partition coefficient (Wildman–Crippen LogP) is 4.51. The summed E-state index contributed by atoms with van der Waals surface area (Å²) < 4.78 is 16.7. The molecule has 2 aliphatic rings. The first-order valence-electron chi connectivity index (χ1n) is 10.3. The molecule has 4 nitrogen and oxygen atoms in total. The Balaban J connectivity index is 1.76. The van der Waals surface area contributed by atoms with Gasteiger partial charge in [-0.05, 0) is 53.3 Å². The molecule has 7 heteroatoms. The summed E-state index contributed by atoms with van der Waals surface area (Å²) in [5.74, 6) is -0.363. The van der Waals surface area contributed by atoms with E-state index in [1.54, 1.807) is 16.7 Å². The quantitative estimate of drug-likeness (QED) is 0.509. The van der Waals surface area contributed by atoms with E-state index in [2.05, 4.69) is 29.8 Å². The number of ketones is 1. The number of Topliss-reactive ketones (excluding diaryl/α,β-unsaturated/α-hetero) is 1. The summed E-state index contributed by atoms with van der Waals surface area (Å²) in [6.07, 6.45) is 2.89. The van der Waals surface area contributed by atoms with Crippen LogP contribution in [-0.4, -0.2) is 10.4 Å². The van der Waals surface area contributed by atoms with E-state index in [0.717, 1.165) is 15.7 Å². The maximum absolute atomic E-state index is 13.6. The molecule has 162 valence electrons. The zero-order valence-corrected chi connectivity index (χ0v) is 20.0. The molecule has 1 aromatic heterocycles. The second-order valence-corrected chi connectivity index (χ2v) is 10.9. The zero-order chi connectivity index (χ0) is 22.6. The van der Waals surface area contributed by atoms with E-state index in [1.807, 2.05) is 30.3 Å². The van der Waals surface area contributed by atoms with Gasteiger partial charge in [0.15, 0.2) is 10.6 Å². The normalized spacial score (nSPS) is 20.1. The van der Waals surface area contributed by atoms with Crippen molar-refractivity contribution in [1.82, 2.24) is 4.57 Å². The summed E-state index contributed by atoms with van der Waals surface area (Å²) in [6, 6.07) is 13.1. The van der Waals surface area contributed by atoms with E-state index in [9.17, 15) is 14.0 Å². The minimum atomic E-state index is -0.600. The topological polar surface area (TPSA) is 51.4 Å².